The summed E-state index contributed by atoms with van der Waals surface area (Å²) >= 11 is 5.49. The number of nitrogens with two attached hydrogens (primary N) is 2. The molecule has 5 nitrogen and oxygen atoms in total. The maximum atomic E-state index is 12.5. The van der Waals surface area contributed by atoms with Gasteiger partial charge in [0.1, 0.15) is 5.15 Å². The number of hydrogen-bond acceptors (Lipinski definition) is 3. The van der Waals surface area contributed by atoms with Crippen LogP contribution in [0.2, 0.25) is 5.15 Å². The van der Waals surface area contributed by atoms with Gasteiger partial charge in [0.25, 0.3) is 0 Å². The molecule has 94 valence electrons. The minimum Gasteiger partial charge on any atom is -0.369 e. The molecule has 1 aromatic heterocycles. The van der Waals surface area contributed by atoms with Crippen LogP contribution in [0.15, 0.2) is 17.2 Å². The Morgan fingerprint density at radius 1 is 1.41 bits per heavy atom. The fourth-order valence-corrected chi connectivity index (χ4v) is 1.24. The first-order valence-corrected chi connectivity index (χ1v) is 4.66. The van der Waals surface area contributed by atoms with Crippen molar-refractivity contribution in [1.29, 1.82) is 0 Å². The van der Waals surface area contributed by atoms with E-state index in [1.807, 2.05) is 0 Å². The molecule has 0 radical (unpaired) electrons. The summed E-state index contributed by atoms with van der Waals surface area (Å²) in [5.41, 5.74) is 9.27. The van der Waals surface area contributed by atoms with Crippen LogP contribution in [-0.4, -0.2) is 18.0 Å². The topological polar surface area (TPSA) is 80.5 Å². The maximum Gasteiger partial charge on any atom is 0.416 e. The molecular weight excluding hydrogens is 259 g/mol. The van der Waals surface area contributed by atoms with E-state index in [4.69, 9.17) is 23.1 Å². The molecule has 1 heterocycles. The summed E-state index contributed by atoms with van der Waals surface area (Å²) < 4.78 is 37.5. The molecule has 0 saturated heterocycles. The van der Waals surface area contributed by atoms with Crippen LogP contribution in [0.3, 0.4) is 0 Å². The van der Waals surface area contributed by atoms with Gasteiger partial charge in [0.05, 0.1) is 5.56 Å². The standard InChI is InChI=1S/C8H9ClF3N5/c1-17(16-7(13)14)6-3-4(8(10,11)12)2-5(9)15-6/h2-3H,1H3,(H4,13,14,16). The zero-order valence-corrected chi connectivity index (χ0v) is 9.42. The zero-order chi connectivity index (χ0) is 13.2. The predicted octanol–water partition coefficient (Wildman–Crippen LogP) is 1.38. The molecule has 0 saturated carbocycles. The summed E-state index contributed by atoms with van der Waals surface area (Å²) in [6, 6.07) is 1.51. The molecule has 0 aliphatic heterocycles. The zero-order valence-electron chi connectivity index (χ0n) is 8.66. The first kappa shape index (κ1) is 13.4. The van der Waals surface area contributed by atoms with Gasteiger partial charge in [0.2, 0.25) is 5.96 Å². The number of aromatic nitrogens is 1. The number of anilines is 1. The van der Waals surface area contributed by atoms with Crippen molar-refractivity contribution in [2.24, 2.45) is 16.6 Å². The molecule has 0 aliphatic carbocycles. The van der Waals surface area contributed by atoms with Gasteiger partial charge in [0.15, 0.2) is 5.82 Å². The molecule has 0 spiro atoms. The molecule has 0 bridgehead atoms. The molecule has 0 aromatic carbocycles. The van der Waals surface area contributed by atoms with Crippen molar-refractivity contribution in [3.63, 3.8) is 0 Å². The first-order valence-electron chi connectivity index (χ1n) is 4.28. The molecule has 1 aromatic rings. The molecule has 0 atom stereocenters. The third-order valence-corrected chi connectivity index (χ3v) is 1.90. The van der Waals surface area contributed by atoms with Crippen molar-refractivity contribution in [2.45, 2.75) is 6.18 Å². The van der Waals surface area contributed by atoms with Crippen molar-refractivity contribution in [3.05, 3.63) is 22.8 Å². The number of halogens is 4. The van der Waals surface area contributed by atoms with Gasteiger partial charge in [-0.2, -0.15) is 13.2 Å². The second-order valence-corrected chi connectivity index (χ2v) is 3.47. The summed E-state index contributed by atoms with van der Waals surface area (Å²) in [7, 11) is 1.35. The van der Waals surface area contributed by atoms with E-state index in [1.54, 1.807) is 0 Å². The van der Waals surface area contributed by atoms with Crippen LogP contribution in [0.25, 0.3) is 0 Å². The second kappa shape index (κ2) is 4.66. The molecule has 0 unspecified atom stereocenters. The predicted molar refractivity (Wildman–Crippen MR) is 58.5 cm³/mol. The average Bonchev–Trinajstić information content (AvgIpc) is 2.14. The van der Waals surface area contributed by atoms with E-state index >= 15 is 0 Å². The lowest BCUT2D eigenvalue weighted by atomic mass is 10.2. The highest BCUT2D eigenvalue weighted by Gasteiger charge is 2.31. The number of rotatable bonds is 2. The highest BCUT2D eigenvalue weighted by atomic mass is 35.5. The number of nitrogens with zero attached hydrogens (tertiary/aromatic N) is 3. The second-order valence-electron chi connectivity index (χ2n) is 3.08. The Kier molecular flexibility index (Phi) is 3.66. The van der Waals surface area contributed by atoms with Crippen LogP contribution in [-0.2, 0) is 6.18 Å². The van der Waals surface area contributed by atoms with Crippen LogP contribution in [0.5, 0.6) is 0 Å². The Morgan fingerprint density at radius 2 is 2.00 bits per heavy atom. The van der Waals surface area contributed by atoms with Gasteiger partial charge in [-0.05, 0) is 12.1 Å². The molecule has 17 heavy (non-hydrogen) atoms. The van der Waals surface area contributed by atoms with Crippen LogP contribution in [0.1, 0.15) is 5.56 Å². The number of alkyl halides is 3. The molecule has 4 N–H and O–H groups in total. The monoisotopic (exact) mass is 267 g/mol. The lowest BCUT2D eigenvalue weighted by molar-refractivity contribution is -0.137. The van der Waals surface area contributed by atoms with Crippen LogP contribution in [0, 0.1) is 0 Å². The maximum absolute atomic E-state index is 12.5. The Labute approximate surface area is 99.9 Å². The van der Waals surface area contributed by atoms with Crippen molar-refractivity contribution < 1.29 is 13.2 Å². The van der Waals surface area contributed by atoms with E-state index < -0.39 is 11.7 Å². The summed E-state index contributed by atoms with van der Waals surface area (Å²) in [5, 5.41) is 4.23. The Bertz CT molecular complexity index is 441. The van der Waals surface area contributed by atoms with Crippen molar-refractivity contribution in [1.82, 2.24) is 4.98 Å². The van der Waals surface area contributed by atoms with Gasteiger partial charge in [-0.3, -0.25) is 0 Å². The van der Waals surface area contributed by atoms with Crippen LogP contribution in [0.4, 0.5) is 19.0 Å². The van der Waals surface area contributed by atoms with Gasteiger partial charge in [-0.25, -0.2) is 9.99 Å². The normalized spacial score (nSPS) is 11.1. The number of hydrazone groups is 1. The summed E-state index contributed by atoms with van der Waals surface area (Å²) in [5.74, 6) is -0.416. The van der Waals surface area contributed by atoms with Gasteiger partial charge in [-0.1, -0.05) is 11.6 Å². The first-order chi connectivity index (χ1) is 7.70. The fraction of sp³-hybridized carbons (Fsp3) is 0.250. The minimum atomic E-state index is -4.51. The Morgan fingerprint density at radius 3 is 2.47 bits per heavy atom. The summed E-state index contributed by atoms with van der Waals surface area (Å²) in [6.45, 7) is 0. The molecule has 1 rings (SSSR count). The van der Waals surface area contributed by atoms with E-state index in [0.29, 0.717) is 6.07 Å². The quantitative estimate of drug-likeness (QED) is 0.367. The average molecular weight is 268 g/mol. The van der Waals surface area contributed by atoms with Gasteiger partial charge < -0.3 is 11.5 Å². The van der Waals surface area contributed by atoms with Crippen molar-refractivity contribution in [3.8, 4) is 0 Å². The van der Waals surface area contributed by atoms with Gasteiger partial charge >= 0.3 is 6.18 Å². The molecule has 0 amide bonds. The van der Waals surface area contributed by atoms with Gasteiger partial charge in [0, 0.05) is 7.05 Å². The molecule has 0 aliphatic rings. The third-order valence-electron chi connectivity index (χ3n) is 1.70. The van der Waals surface area contributed by atoms with E-state index in [9.17, 15) is 13.2 Å². The lowest BCUT2D eigenvalue weighted by Crippen LogP contribution is -2.27. The lowest BCUT2D eigenvalue weighted by Gasteiger charge is -2.14. The van der Waals surface area contributed by atoms with Crippen molar-refractivity contribution >= 4 is 23.4 Å². The van der Waals surface area contributed by atoms with Crippen LogP contribution >= 0.6 is 11.6 Å². The smallest absolute Gasteiger partial charge is 0.369 e. The van der Waals surface area contributed by atoms with E-state index in [2.05, 4.69) is 10.1 Å². The Hall–Kier alpha value is -1.70. The molecular formula is C8H9ClF3N5. The SMILES string of the molecule is CN(N=C(N)N)c1cc(C(F)(F)F)cc(Cl)n1. The highest BCUT2D eigenvalue weighted by molar-refractivity contribution is 6.29. The molecule has 9 heteroatoms. The summed E-state index contributed by atoms with van der Waals surface area (Å²) in [4.78, 5) is 3.67. The largest absolute Gasteiger partial charge is 0.416 e. The fourth-order valence-electron chi connectivity index (χ4n) is 1.04. The highest BCUT2D eigenvalue weighted by Crippen LogP contribution is 2.32. The van der Waals surface area contributed by atoms with E-state index in [1.165, 1.54) is 7.05 Å². The number of guanidine groups is 1. The minimum absolute atomic E-state index is 0.113. The van der Waals surface area contributed by atoms with E-state index in [-0.39, 0.29) is 16.9 Å². The van der Waals surface area contributed by atoms with Crippen molar-refractivity contribution in [2.75, 3.05) is 12.1 Å². The summed E-state index contributed by atoms with van der Waals surface area (Å²) in [6.07, 6.45) is -4.51. The van der Waals surface area contributed by atoms with Crippen LogP contribution < -0.4 is 16.5 Å². The number of pyridine rings is 1. The number of hydrogen-bond donors (Lipinski definition) is 2. The van der Waals surface area contributed by atoms with Gasteiger partial charge in [-0.15, -0.1) is 5.10 Å². The van der Waals surface area contributed by atoms with E-state index in [0.717, 1.165) is 11.1 Å². The third kappa shape index (κ3) is 3.66. The molecule has 0 fully saturated rings. The Balaban J connectivity index is 3.18.